The summed E-state index contributed by atoms with van der Waals surface area (Å²) < 4.78 is 6.63. The zero-order valence-electron chi connectivity index (χ0n) is 11.8. The fourth-order valence-corrected chi connectivity index (χ4v) is 2.35. The summed E-state index contributed by atoms with van der Waals surface area (Å²) in [4.78, 5) is 11.5. The average molecular weight is 339 g/mol. The van der Waals surface area contributed by atoms with Gasteiger partial charge >= 0.3 is 0 Å². The van der Waals surface area contributed by atoms with Gasteiger partial charge in [-0.15, -0.1) is 6.42 Å². The third-order valence-electron chi connectivity index (χ3n) is 2.62. The lowest BCUT2D eigenvalue weighted by atomic mass is 10.1. The minimum absolute atomic E-state index is 0.0384. The van der Waals surface area contributed by atoms with E-state index in [0.717, 1.165) is 27.9 Å². The van der Waals surface area contributed by atoms with Gasteiger partial charge in [0.2, 0.25) is 0 Å². The molecule has 0 radical (unpaired) electrons. The lowest BCUT2D eigenvalue weighted by Gasteiger charge is -2.15. The minimum Gasteiger partial charge on any atom is -0.483 e. The summed E-state index contributed by atoms with van der Waals surface area (Å²) in [6.07, 6.45) is 5.08. The lowest BCUT2D eigenvalue weighted by Crippen LogP contribution is -2.29. The van der Waals surface area contributed by atoms with E-state index in [4.69, 9.17) is 11.2 Å². The van der Waals surface area contributed by atoms with E-state index in [9.17, 15) is 4.79 Å². The van der Waals surface area contributed by atoms with Crippen molar-refractivity contribution < 1.29 is 9.53 Å². The van der Waals surface area contributed by atoms with Gasteiger partial charge in [0.25, 0.3) is 5.91 Å². The van der Waals surface area contributed by atoms with Crippen molar-refractivity contribution in [1.82, 2.24) is 10.6 Å². The van der Waals surface area contributed by atoms with Crippen LogP contribution in [0.1, 0.15) is 18.1 Å². The second-order valence-corrected chi connectivity index (χ2v) is 5.18. The first-order chi connectivity index (χ1) is 9.58. The van der Waals surface area contributed by atoms with Gasteiger partial charge in [-0.25, -0.2) is 0 Å². The number of halogens is 1. The maximum atomic E-state index is 11.5. The van der Waals surface area contributed by atoms with Crippen molar-refractivity contribution in [2.24, 2.45) is 0 Å². The summed E-state index contributed by atoms with van der Waals surface area (Å²) in [5, 5.41) is 5.82. The van der Waals surface area contributed by atoms with Crippen LogP contribution in [-0.4, -0.2) is 25.6 Å². The zero-order chi connectivity index (χ0) is 15.0. The van der Waals surface area contributed by atoms with Gasteiger partial charge in [0.05, 0.1) is 6.54 Å². The fourth-order valence-electron chi connectivity index (χ4n) is 1.74. The number of amides is 1. The Morgan fingerprint density at radius 1 is 1.50 bits per heavy atom. The normalized spacial score (nSPS) is 9.90. The van der Waals surface area contributed by atoms with Gasteiger partial charge in [0, 0.05) is 16.6 Å². The molecule has 108 valence electrons. The van der Waals surface area contributed by atoms with Crippen LogP contribution in [-0.2, 0) is 11.3 Å². The molecule has 0 unspecified atom stereocenters. The third kappa shape index (κ3) is 5.24. The molecule has 0 aliphatic rings. The van der Waals surface area contributed by atoms with Gasteiger partial charge in [-0.3, -0.25) is 4.79 Å². The number of carbonyl (C=O) groups excluding carboxylic acids is 1. The summed E-state index contributed by atoms with van der Waals surface area (Å²) in [6.45, 7) is 5.73. The Morgan fingerprint density at radius 2 is 2.25 bits per heavy atom. The molecule has 4 nitrogen and oxygen atoms in total. The molecule has 0 fully saturated rings. The SMILES string of the molecule is C#CCNC(=O)COc1c(C)cc(Br)cc1CNCC. The molecule has 1 amide bonds. The molecular formula is C15H19BrN2O2. The Balaban J connectivity index is 2.77. The van der Waals surface area contributed by atoms with Crippen molar-refractivity contribution in [3.63, 3.8) is 0 Å². The Morgan fingerprint density at radius 3 is 2.90 bits per heavy atom. The van der Waals surface area contributed by atoms with Gasteiger partial charge in [0.1, 0.15) is 5.75 Å². The zero-order valence-corrected chi connectivity index (χ0v) is 13.3. The average Bonchev–Trinajstić information content (AvgIpc) is 2.41. The van der Waals surface area contributed by atoms with Crippen LogP contribution in [0.3, 0.4) is 0 Å². The molecule has 0 spiro atoms. The van der Waals surface area contributed by atoms with Crippen molar-refractivity contribution in [3.8, 4) is 18.1 Å². The van der Waals surface area contributed by atoms with E-state index >= 15 is 0 Å². The highest BCUT2D eigenvalue weighted by molar-refractivity contribution is 9.10. The third-order valence-corrected chi connectivity index (χ3v) is 3.07. The van der Waals surface area contributed by atoms with E-state index in [1.165, 1.54) is 0 Å². The summed E-state index contributed by atoms with van der Waals surface area (Å²) >= 11 is 3.47. The maximum absolute atomic E-state index is 11.5. The molecule has 0 atom stereocenters. The van der Waals surface area contributed by atoms with Gasteiger partial charge in [-0.1, -0.05) is 28.8 Å². The van der Waals surface area contributed by atoms with Crippen molar-refractivity contribution in [2.45, 2.75) is 20.4 Å². The highest BCUT2D eigenvalue weighted by Crippen LogP contribution is 2.28. The molecule has 0 saturated carbocycles. The standard InChI is InChI=1S/C15H19BrN2O2/c1-4-6-18-14(19)10-20-15-11(3)7-13(16)8-12(15)9-17-5-2/h1,7-8,17H,5-6,9-10H2,2-3H3,(H,18,19). The Kier molecular flexibility index (Phi) is 7.13. The first-order valence-electron chi connectivity index (χ1n) is 6.41. The number of hydrogen-bond donors (Lipinski definition) is 2. The minimum atomic E-state index is -0.223. The Labute approximate surface area is 128 Å². The number of benzene rings is 1. The van der Waals surface area contributed by atoms with Crippen LogP contribution in [0.15, 0.2) is 16.6 Å². The van der Waals surface area contributed by atoms with E-state index in [0.29, 0.717) is 6.54 Å². The molecule has 5 heteroatoms. The molecule has 0 bridgehead atoms. The number of aryl methyl sites for hydroxylation is 1. The van der Waals surface area contributed by atoms with Gasteiger partial charge in [0.15, 0.2) is 6.61 Å². The highest BCUT2D eigenvalue weighted by atomic mass is 79.9. The number of rotatable bonds is 7. The molecule has 1 aromatic carbocycles. The molecular weight excluding hydrogens is 320 g/mol. The number of ether oxygens (including phenoxy) is 1. The van der Waals surface area contributed by atoms with Gasteiger partial charge in [-0.2, -0.15) is 0 Å². The predicted octanol–water partition coefficient (Wildman–Crippen LogP) is 2.00. The summed E-state index contributed by atoms with van der Waals surface area (Å²) in [5.41, 5.74) is 2.00. The number of terminal acetylenes is 1. The maximum Gasteiger partial charge on any atom is 0.258 e. The van der Waals surface area contributed by atoms with Crippen molar-refractivity contribution >= 4 is 21.8 Å². The highest BCUT2D eigenvalue weighted by Gasteiger charge is 2.10. The van der Waals surface area contributed by atoms with Crippen LogP contribution in [0.2, 0.25) is 0 Å². The van der Waals surface area contributed by atoms with Crippen molar-refractivity contribution in [2.75, 3.05) is 19.7 Å². The summed E-state index contributed by atoms with van der Waals surface area (Å²) in [7, 11) is 0. The van der Waals surface area contributed by atoms with Gasteiger partial charge in [-0.05, 0) is 31.2 Å². The monoisotopic (exact) mass is 338 g/mol. The van der Waals surface area contributed by atoms with Crippen molar-refractivity contribution in [1.29, 1.82) is 0 Å². The molecule has 0 aromatic heterocycles. The quantitative estimate of drug-likeness (QED) is 0.747. The second kappa shape index (κ2) is 8.62. The first kappa shape index (κ1) is 16.5. The smallest absolute Gasteiger partial charge is 0.258 e. The van der Waals surface area contributed by atoms with Crippen molar-refractivity contribution in [3.05, 3.63) is 27.7 Å². The number of hydrogen-bond acceptors (Lipinski definition) is 3. The Hall–Kier alpha value is -1.51. The van der Waals surface area contributed by atoms with E-state index < -0.39 is 0 Å². The number of nitrogens with one attached hydrogen (secondary N) is 2. The van der Waals surface area contributed by atoms with Crippen LogP contribution < -0.4 is 15.4 Å². The van der Waals surface area contributed by atoms with Crippen LogP contribution in [0, 0.1) is 19.3 Å². The fraction of sp³-hybridized carbons (Fsp3) is 0.400. The van der Waals surface area contributed by atoms with E-state index in [1.807, 2.05) is 26.0 Å². The topological polar surface area (TPSA) is 50.4 Å². The lowest BCUT2D eigenvalue weighted by molar-refractivity contribution is -0.122. The molecule has 0 aliphatic carbocycles. The summed E-state index contributed by atoms with van der Waals surface area (Å²) in [5.74, 6) is 2.87. The molecule has 1 aromatic rings. The molecule has 2 N–H and O–H groups in total. The molecule has 0 saturated heterocycles. The molecule has 1 rings (SSSR count). The predicted molar refractivity (Wildman–Crippen MR) is 83.6 cm³/mol. The number of carbonyl (C=O) groups is 1. The van der Waals surface area contributed by atoms with Crippen LogP contribution in [0.25, 0.3) is 0 Å². The second-order valence-electron chi connectivity index (χ2n) is 4.26. The van der Waals surface area contributed by atoms with Crippen LogP contribution >= 0.6 is 15.9 Å². The van der Waals surface area contributed by atoms with E-state index in [2.05, 4.69) is 32.5 Å². The largest absolute Gasteiger partial charge is 0.483 e. The van der Waals surface area contributed by atoms with E-state index in [-0.39, 0.29) is 19.1 Å². The summed E-state index contributed by atoms with van der Waals surface area (Å²) in [6, 6.07) is 3.95. The van der Waals surface area contributed by atoms with Crippen LogP contribution in [0.5, 0.6) is 5.75 Å². The Bertz CT molecular complexity index is 509. The molecule has 20 heavy (non-hydrogen) atoms. The first-order valence-corrected chi connectivity index (χ1v) is 7.20. The van der Waals surface area contributed by atoms with Gasteiger partial charge < -0.3 is 15.4 Å². The van der Waals surface area contributed by atoms with E-state index in [1.54, 1.807) is 0 Å². The molecule has 0 heterocycles. The van der Waals surface area contributed by atoms with Crippen LogP contribution in [0.4, 0.5) is 0 Å². The molecule has 0 aliphatic heterocycles.